The lowest BCUT2D eigenvalue weighted by atomic mass is 9.90. The van der Waals surface area contributed by atoms with E-state index < -0.39 is 0 Å². The molecule has 5 heteroatoms. The largest absolute Gasteiger partial charge is 0.394 e. The first-order valence-corrected chi connectivity index (χ1v) is 7.37. The van der Waals surface area contributed by atoms with Crippen molar-refractivity contribution in [3.8, 4) is 0 Å². The summed E-state index contributed by atoms with van der Waals surface area (Å²) >= 11 is 3.39. The van der Waals surface area contributed by atoms with Gasteiger partial charge in [-0.1, -0.05) is 20.8 Å². The van der Waals surface area contributed by atoms with E-state index in [1.165, 1.54) is 0 Å². The number of halogens is 1. The highest BCUT2D eigenvalue weighted by Crippen LogP contribution is 2.19. The van der Waals surface area contributed by atoms with Gasteiger partial charge < -0.3 is 10.4 Å². The van der Waals surface area contributed by atoms with E-state index in [1.807, 2.05) is 10.9 Å². The van der Waals surface area contributed by atoms with Crippen LogP contribution in [0.25, 0.3) is 0 Å². The lowest BCUT2D eigenvalue weighted by molar-refractivity contribution is 0.133. The summed E-state index contributed by atoms with van der Waals surface area (Å²) in [5, 5.41) is 17.4. The minimum atomic E-state index is -0.154. The molecule has 1 unspecified atom stereocenters. The molecule has 18 heavy (non-hydrogen) atoms. The fourth-order valence-corrected chi connectivity index (χ4v) is 2.57. The van der Waals surface area contributed by atoms with E-state index in [4.69, 9.17) is 0 Å². The monoisotopic (exact) mass is 317 g/mol. The predicted octanol–water partition coefficient (Wildman–Crippen LogP) is 2.56. The molecule has 1 rings (SSSR count). The summed E-state index contributed by atoms with van der Waals surface area (Å²) in [4.78, 5) is 0. The first-order chi connectivity index (χ1) is 8.51. The molecule has 0 aliphatic carbocycles. The van der Waals surface area contributed by atoms with Gasteiger partial charge in [-0.25, -0.2) is 0 Å². The summed E-state index contributed by atoms with van der Waals surface area (Å²) < 4.78 is 2.93. The standard InChI is InChI=1S/C13H24BrN3O/c1-4-13(10-18,16-11(2)3)6-5-7-17-9-12(14)8-15-17/h8-9,11,16,18H,4-7,10H2,1-3H3. The van der Waals surface area contributed by atoms with E-state index in [2.05, 4.69) is 47.1 Å². The van der Waals surface area contributed by atoms with E-state index >= 15 is 0 Å². The SMILES string of the molecule is CCC(CO)(CCCn1cc(Br)cn1)NC(C)C. The number of aliphatic hydroxyl groups is 1. The molecule has 1 heterocycles. The third kappa shape index (κ3) is 4.71. The predicted molar refractivity (Wildman–Crippen MR) is 77.5 cm³/mol. The summed E-state index contributed by atoms with van der Waals surface area (Å²) in [5.41, 5.74) is -0.154. The van der Waals surface area contributed by atoms with Gasteiger partial charge in [0.2, 0.25) is 0 Å². The van der Waals surface area contributed by atoms with Crippen molar-refractivity contribution in [2.45, 2.75) is 58.2 Å². The molecule has 0 spiro atoms. The normalized spacial score (nSPS) is 15.0. The molecule has 0 aromatic carbocycles. The molecule has 0 saturated heterocycles. The number of hydrogen-bond donors (Lipinski definition) is 2. The third-order valence-corrected chi connectivity index (χ3v) is 3.63. The minimum Gasteiger partial charge on any atom is -0.394 e. The Balaban J connectivity index is 2.46. The molecule has 0 aliphatic rings. The highest BCUT2D eigenvalue weighted by Gasteiger charge is 2.27. The van der Waals surface area contributed by atoms with Gasteiger partial charge in [0.1, 0.15) is 0 Å². The maximum absolute atomic E-state index is 9.63. The van der Waals surface area contributed by atoms with Crippen molar-refractivity contribution in [2.24, 2.45) is 0 Å². The number of aromatic nitrogens is 2. The zero-order valence-electron chi connectivity index (χ0n) is 11.5. The maximum Gasteiger partial charge on any atom is 0.0632 e. The molecule has 1 aromatic heterocycles. The Bertz CT molecular complexity index is 348. The van der Waals surface area contributed by atoms with Crippen LogP contribution in [0.1, 0.15) is 40.0 Å². The van der Waals surface area contributed by atoms with Gasteiger partial charge in [0, 0.05) is 24.3 Å². The number of nitrogens with one attached hydrogen (secondary N) is 1. The summed E-state index contributed by atoms with van der Waals surface area (Å²) in [6, 6.07) is 0.385. The zero-order valence-corrected chi connectivity index (χ0v) is 13.1. The zero-order chi connectivity index (χ0) is 13.6. The second-order valence-corrected chi connectivity index (χ2v) is 6.03. The smallest absolute Gasteiger partial charge is 0.0632 e. The maximum atomic E-state index is 9.63. The van der Waals surface area contributed by atoms with Gasteiger partial charge in [-0.3, -0.25) is 4.68 Å². The Labute approximate surface area is 118 Å². The first-order valence-electron chi connectivity index (χ1n) is 6.58. The molecule has 0 saturated carbocycles. The average Bonchev–Trinajstić information content (AvgIpc) is 2.73. The Morgan fingerprint density at radius 2 is 2.28 bits per heavy atom. The third-order valence-electron chi connectivity index (χ3n) is 3.22. The van der Waals surface area contributed by atoms with Crippen molar-refractivity contribution < 1.29 is 5.11 Å². The highest BCUT2D eigenvalue weighted by molar-refractivity contribution is 9.10. The van der Waals surface area contributed by atoms with Gasteiger partial charge in [0.15, 0.2) is 0 Å². The second kappa shape index (κ2) is 7.26. The Morgan fingerprint density at radius 3 is 2.72 bits per heavy atom. The molecule has 0 bridgehead atoms. The van der Waals surface area contributed by atoms with E-state index in [-0.39, 0.29) is 12.1 Å². The van der Waals surface area contributed by atoms with Crippen LogP contribution in [0.3, 0.4) is 0 Å². The Morgan fingerprint density at radius 1 is 1.56 bits per heavy atom. The van der Waals surface area contributed by atoms with Crippen molar-refractivity contribution in [3.63, 3.8) is 0 Å². The Hall–Kier alpha value is -0.390. The van der Waals surface area contributed by atoms with Crippen LogP contribution in [0.5, 0.6) is 0 Å². The van der Waals surface area contributed by atoms with E-state index in [9.17, 15) is 5.11 Å². The van der Waals surface area contributed by atoms with Gasteiger partial charge in [-0.05, 0) is 35.2 Å². The molecule has 0 fully saturated rings. The number of nitrogens with zero attached hydrogens (tertiary/aromatic N) is 2. The van der Waals surface area contributed by atoms with Gasteiger partial charge in [-0.2, -0.15) is 5.10 Å². The van der Waals surface area contributed by atoms with Crippen molar-refractivity contribution in [1.82, 2.24) is 15.1 Å². The van der Waals surface area contributed by atoms with Crippen LogP contribution in [-0.4, -0.2) is 33.1 Å². The summed E-state index contributed by atoms with van der Waals surface area (Å²) in [6.45, 7) is 7.42. The van der Waals surface area contributed by atoms with Crippen LogP contribution in [0.4, 0.5) is 0 Å². The van der Waals surface area contributed by atoms with Crippen molar-refractivity contribution >= 4 is 15.9 Å². The van der Waals surface area contributed by atoms with Crippen LogP contribution in [-0.2, 0) is 6.54 Å². The molecule has 1 atom stereocenters. The second-order valence-electron chi connectivity index (χ2n) is 5.12. The van der Waals surface area contributed by atoms with E-state index in [0.717, 1.165) is 30.3 Å². The molecule has 1 aromatic rings. The molecular weight excluding hydrogens is 294 g/mol. The van der Waals surface area contributed by atoms with Gasteiger partial charge in [0.25, 0.3) is 0 Å². The van der Waals surface area contributed by atoms with Crippen molar-refractivity contribution in [2.75, 3.05) is 6.61 Å². The fraction of sp³-hybridized carbons (Fsp3) is 0.769. The van der Waals surface area contributed by atoms with Crippen LogP contribution in [0, 0.1) is 0 Å². The van der Waals surface area contributed by atoms with Crippen LogP contribution >= 0.6 is 15.9 Å². The van der Waals surface area contributed by atoms with Crippen molar-refractivity contribution in [3.05, 3.63) is 16.9 Å². The quantitative estimate of drug-likeness (QED) is 0.774. The van der Waals surface area contributed by atoms with Crippen molar-refractivity contribution in [1.29, 1.82) is 0 Å². The first kappa shape index (κ1) is 15.7. The average molecular weight is 318 g/mol. The van der Waals surface area contributed by atoms with Gasteiger partial charge >= 0.3 is 0 Å². The fourth-order valence-electron chi connectivity index (χ4n) is 2.24. The summed E-state index contributed by atoms with van der Waals surface area (Å²) in [6.07, 6.45) is 6.66. The van der Waals surface area contributed by atoms with E-state index in [0.29, 0.717) is 6.04 Å². The van der Waals surface area contributed by atoms with Crippen LogP contribution in [0.15, 0.2) is 16.9 Å². The number of hydrogen-bond acceptors (Lipinski definition) is 3. The Kier molecular flexibility index (Phi) is 6.32. The number of aryl methyl sites for hydroxylation is 1. The van der Waals surface area contributed by atoms with Crippen LogP contribution in [0.2, 0.25) is 0 Å². The van der Waals surface area contributed by atoms with Crippen LogP contribution < -0.4 is 5.32 Å². The lowest BCUT2D eigenvalue weighted by Crippen LogP contribution is -2.51. The lowest BCUT2D eigenvalue weighted by Gasteiger charge is -2.34. The summed E-state index contributed by atoms with van der Waals surface area (Å²) in [7, 11) is 0. The van der Waals surface area contributed by atoms with Gasteiger partial charge in [-0.15, -0.1) is 0 Å². The minimum absolute atomic E-state index is 0.154. The molecule has 0 radical (unpaired) electrons. The number of aliphatic hydroxyl groups excluding tert-OH is 1. The molecule has 4 nitrogen and oxygen atoms in total. The molecular formula is C13H24BrN3O. The number of rotatable bonds is 8. The molecule has 104 valence electrons. The molecule has 0 aliphatic heterocycles. The van der Waals surface area contributed by atoms with E-state index in [1.54, 1.807) is 6.20 Å². The topological polar surface area (TPSA) is 50.1 Å². The van der Waals surface area contributed by atoms with Gasteiger partial charge in [0.05, 0.1) is 17.3 Å². The molecule has 2 N–H and O–H groups in total. The summed E-state index contributed by atoms with van der Waals surface area (Å²) in [5.74, 6) is 0. The molecule has 0 amide bonds. The highest BCUT2D eigenvalue weighted by atomic mass is 79.9.